The summed E-state index contributed by atoms with van der Waals surface area (Å²) in [5.74, 6) is 0.684. The third kappa shape index (κ3) is 2.00. The van der Waals surface area contributed by atoms with Crippen LogP contribution in [-0.4, -0.2) is 10.9 Å². The van der Waals surface area contributed by atoms with Gasteiger partial charge in [-0.15, -0.1) is 0 Å². The highest BCUT2D eigenvalue weighted by molar-refractivity contribution is 8.13. The van der Waals surface area contributed by atoms with E-state index < -0.39 is 5.54 Å². The summed E-state index contributed by atoms with van der Waals surface area (Å²) in [4.78, 5) is 4.36. The minimum atomic E-state index is -0.499. The number of aliphatic imine (C=N–C) groups is 1. The van der Waals surface area contributed by atoms with Crippen molar-refractivity contribution in [1.82, 2.24) is 0 Å². The summed E-state index contributed by atoms with van der Waals surface area (Å²) in [6.07, 6.45) is 0.819. The molecule has 2 nitrogen and oxygen atoms in total. The SMILES string of the molecule is C[C@]1(c2ccccc2F)CCSC(N)=N1. The van der Waals surface area contributed by atoms with E-state index in [0.717, 1.165) is 12.2 Å². The van der Waals surface area contributed by atoms with Crippen LogP contribution in [-0.2, 0) is 5.54 Å². The lowest BCUT2D eigenvalue weighted by Crippen LogP contribution is -2.29. The van der Waals surface area contributed by atoms with Gasteiger partial charge in [0.05, 0.1) is 5.54 Å². The summed E-state index contributed by atoms with van der Waals surface area (Å²) in [5.41, 5.74) is 5.82. The Balaban J connectivity index is 2.45. The molecule has 4 heteroatoms. The minimum Gasteiger partial charge on any atom is -0.379 e. The molecule has 0 unspecified atom stereocenters. The lowest BCUT2D eigenvalue weighted by Gasteiger charge is -2.29. The fraction of sp³-hybridized carbons (Fsp3) is 0.364. The number of rotatable bonds is 1. The van der Waals surface area contributed by atoms with Gasteiger partial charge in [-0.2, -0.15) is 0 Å². The molecule has 1 aliphatic heterocycles. The molecule has 1 aliphatic rings. The Bertz CT molecular complexity index is 405. The van der Waals surface area contributed by atoms with Crippen molar-refractivity contribution in [2.75, 3.05) is 5.75 Å². The normalized spacial score (nSPS) is 26.1. The highest BCUT2D eigenvalue weighted by Gasteiger charge is 2.31. The Morgan fingerprint density at radius 2 is 2.20 bits per heavy atom. The number of amidine groups is 1. The average molecular weight is 224 g/mol. The maximum absolute atomic E-state index is 13.6. The van der Waals surface area contributed by atoms with Crippen molar-refractivity contribution >= 4 is 16.9 Å². The van der Waals surface area contributed by atoms with E-state index in [0.29, 0.717) is 10.7 Å². The monoisotopic (exact) mass is 224 g/mol. The first-order chi connectivity index (χ1) is 7.12. The Morgan fingerprint density at radius 3 is 2.87 bits per heavy atom. The molecule has 0 spiro atoms. The van der Waals surface area contributed by atoms with E-state index in [1.54, 1.807) is 12.1 Å². The van der Waals surface area contributed by atoms with Gasteiger partial charge in [0.15, 0.2) is 5.17 Å². The van der Waals surface area contributed by atoms with Crippen molar-refractivity contribution in [2.24, 2.45) is 10.7 Å². The van der Waals surface area contributed by atoms with Gasteiger partial charge in [0, 0.05) is 11.3 Å². The molecule has 2 rings (SSSR count). The molecule has 0 radical (unpaired) electrons. The van der Waals surface area contributed by atoms with Crippen LogP contribution in [0.5, 0.6) is 0 Å². The van der Waals surface area contributed by atoms with Gasteiger partial charge in [-0.1, -0.05) is 30.0 Å². The van der Waals surface area contributed by atoms with Gasteiger partial charge >= 0.3 is 0 Å². The van der Waals surface area contributed by atoms with Crippen LogP contribution in [0.15, 0.2) is 29.3 Å². The molecule has 0 amide bonds. The standard InChI is InChI=1S/C11H13FN2S/c1-11(6-7-15-10(13)14-11)8-4-2-3-5-9(8)12/h2-5H,6-7H2,1H3,(H2,13,14)/t11-/m1/s1. The lowest BCUT2D eigenvalue weighted by molar-refractivity contribution is 0.450. The minimum absolute atomic E-state index is 0.205. The lowest BCUT2D eigenvalue weighted by atomic mass is 9.89. The van der Waals surface area contributed by atoms with Crippen molar-refractivity contribution in [3.8, 4) is 0 Å². The van der Waals surface area contributed by atoms with Crippen LogP contribution in [0.25, 0.3) is 0 Å². The highest BCUT2D eigenvalue weighted by atomic mass is 32.2. The predicted octanol–water partition coefficient (Wildman–Crippen LogP) is 2.49. The summed E-state index contributed by atoms with van der Waals surface area (Å²) >= 11 is 1.53. The van der Waals surface area contributed by atoms with E-state index in [1.807, 2.05) is 13.0 Å². The molecule has 80 valence electrons. The zero-order chi connectivity index (χ0) is 10.9. The maximum Gasteiger partial charge on any atom is 0.154 e. The van der Waals surface area contributed by atoms with Gasteiger partial charge < -0.3 is 5.73 Å². The highest BCUT2D eigenvalue weighted by Crippen LogP contribution is 2.35. The van der Waals surface area contributed by atoms with Crippen molar-refractivity contribution in [2.45, 2.75) is 18.9 Å². The second kappa shape index (κ2) is 3.85. The zero-order valence-electron chi connectivity index (χ0n) is 8.53. The van der Waals surface area contributed by atoms with Crippen molar-refractivity contribution < 1.29 is 4.39 Å². The Labute approximate surface area is 92.8 Å². The first kappa shape index (κ1) is 10.5. The molecule has 15 heavy (non-hydrogen) atoms. The molecule has 1 aromatic rings. The molecule has 1 aromatic carbocycles. The van der Waals surface area contributed by atoms with Crippen LogP contribution >= 0.6 is 11.8 Å². The second-order valence-corrected chi connectivity index (χ2v) is 4.92. The number of thioether (sulfide) groups is 1. The van der Waals surface area contributed by atoms with Gasteiger partial charge in [0.2, 0.25) is 0 Å². The van der Waals surface area contributed by atoms with Gasteiger partial charge in [0.25, 0.3) is 0 Å². The smallest absolute Gasteiger partial charge is 0.154 e. The number of hydrogen-bond donors (Lipinski definition) is 1. The molecular weight excluding hydrogens is 211 g/mol. The zero-order valence-corrected chi connectivity index (χ0v) is 9.35. The summed E-state index contributed by atoms with van der Waals surface area (Å²) in [7, 11) is 0. The van der Waals surface area contributed by atoms with Crippen molar-refractivity contribution in [1.29, 1.82) is 0 Å². The average Bonchev–Trinajstić information content (AvgIpc) is 2.17. The summed E-state index contributed by atoms with van der Waals surface area (Å²) in [5, 5.41) is 0.548. The molecule has 2 N–H and O–H groups in total. The third-order valence-electron chi connectivity index (χ3n) is 2.65. The molecule has 0 saturated heterocycles. The Kier molecular flexibility index (Phi) is 2.69. The predicted molar refractivity (Wildman–Crippen MR) is 62.4 cm³/mol. The molecule has 0 saturated carbocycles. The van der Waals surface area contributed by atoms with Crippen LogP contribution in [0.2, 0.25) is 0 Å². The van der Waals surface area contributed by atoms with Crippen LogP contribution in [0, 0.1) is 5.82 Å². The van der Waals surface area contributed by atoms with E-state index in [9.17, 15) is 4.39 Å². The number of nitrogens with two attached hydrogens (primary N) is 1. The second-order valence-electron chi connectivity index (χ2n) is 3.80. The quantitative estimate of drug-likeness (QED) is 0.796. The van der Waals surface area contributed by atoms with E-state index in [2.05, 4.69) is 4.99 Å². The van der Waals surface area contributed by atoms with E-state index in [1.165, 1.54) is 17.8 Å². The summed E-state index contributed by atoms with van der Waals surface area (Å²) in [6, 6.07) is 6.76. The molecule has 0 aromatic heterocycles. The summed E-state index contributed by atoms with van der Waals surface area (Å²) < 4.78 is 13.6. The number of halogens is 1. The molecule has 0 aliphatic carbocycles. The van der Waals surface area contributed by atoms with Gasteiger partial charge in [-0.05, 0) is 19.4 Å². The van der Waals surface area contributed by atoms with Crippen LogP contribution in [0.4, 0.5) is 4.39 Å². The topological polar surface area (TPSA) is 38.4 Å². The van der Waals surface area contributed by atoms with Crippen LogP contribution in [0.1, 0.15) is 18.9 Å². The Morgan fingerprint density at radius 1 is 1.47 bits per heavy atom. The molecule has 0 bridgehead atoms. The summed E-state index contributed by atoms with van der Waals surface area (Å²) in [6.45, 7) is 1.93. The van der Waals surface area contributed by atoms with Gasteiger partial charge in [-0.3, -0.25) is 4.99 Å². The number of nitrogens with zero attached hydrogens (tertiary/aromatic N) is 1. The van der Waals surface area contributed by atoms with E-state index >= 15 is 0 Å². The number of benzene rings is 1. The van der Waals surface area contributed by atoms with E-state index in [-0.39, 0.29) is 5.82 Å². The first-order valence-electron chi connectivity index (χ1n) is 4.85. The first-order valence-corrected chi connectivity index (χ1v) is 5.83. The van der Waals surface area contributed by atoms with Crippen LogP contribution < -0.4 is 5.73 Å². The van der Waals surface area contributed by atoms with E-state index in [4.69, 9.17) is 5.73 Å². The molecule has 0 fully saturated rings. The molecular formula is C11H13FN2S. The van der Waals surface area contributed by atoms with Gasteiger partial charge in [-0.25, -0.2) is 4.39 Å². The van der Waals surface area contributed by atoms with Gasteiger partial charge in [0.1, 0.15) is 5.82 Å². The molecule has 1 heterocycles. The fourth-order valence-electron chi connectivity index (χ4n) is 1.78. The fourth-order valence-corrected chi connectivity index (χ4v) is 2.75. The van der Waals surface area contributed by atoms with Crippen LogP contribution in [0.3, 0.4) is 0 Å². The van der Waals surface area contributed by atoms with Crippen molar-refractivity contribution in [3.05, 3.63) is 35.6 Å². The maximum atomic E-state index is 13.6. The third-order valence-corrected chi connectivity index (χ3v) is 3.45. The largest absolute Gasteiger partial charge is 0.379 e. The molecule has 1 atom stereocenters. The van der Waals surface area contributed by atoms with Crippen molar-refractivity contribution in [3.63, 3.8) is 0 Å². The Hall–Kier alpha value is -1.03. The number of hydrogen-bond acceptors (Lipinski definition) is 3.